The Morgan fingerprint density at radius 2 is 2.40 bits per heavy atom. The molecule has 1 saturated heterocycles. The maximum Gasteiger partial charge on any atom is 0.141 e. The van der Waals surface area contributed by atoms with E-state index in [1.807, 2.05) is 6.92 Å². The van der Waals surface area contributed by atoms with Crippen molar-refractivity contribution in [2.24, 2.45) is 5.92 Å². The van der Waals surface area contributed by atoms with Crippen molar-refractivity contribution in [3.63, 3.8) is 0 Å². The zero-order chi connectivity index (χ0) is 10.8. The molecule has 0 amide bonds. The number of nitrogens with zero attached hydrogens (tertiary/aromatic N) is 2. The molecule has 1 fully saturated rings. The number of hydrogen-bond acceptors (Lipinski definition) is 3. The van der Waals surface area contributed by atoms with E-state index in [2.05, 4.69) is 9.88 Å². The molecule has 0 saturated carbocycles. The van der Waals surface area contributed by atoms with Gasteiger partial charge in [0.05, 0.1) is 12.3 Å². The predicted molar refractivity (Wildman–Crippen MR) is 56.2 cm³/mol. The molecule has 1 aromatic heterocycles. The number of hydrogen-bond donors (Lipinski definition) is 1. The molecule has 0 aliphatic carbocycles. The summed E-state index contributed by atoms with van der Waals surface area (Å²) in [6.07, 6.45) is 1.91. The van der Waals surface area contributed by atoms with Gasteiger partial charge in [0.25, 0.3) is 0 Å². The molecular weight excluding hydrogens is 195 g/mol. The monoisotopic (exact) mass is 210 g/mol. The highest BCUT2D eigenvalue weighted by atomic mass is 19.1. The molecule has 15 heavy (non-hydrogen) atoms. The first kappa shape index (κ1) is 10.4. The molecule has 1 aliphatic rings. The van der Waals surface area contributed by atoms with E-state index in [4.69, 9.17) is 0 Å². The lowest BCUT2D eigenvalue weighted by Gasteiger charge is -2.18. The van der Waals surface area contributed by atoms with E-state index >= 15 is 0 Å². The van der Waals surface area contributed by atoms with Gasteiger partial charge in [-0.15, -0.1) is 0 Å². The second kappa shape index (κ2) is 4.14. The molecular formula is C11H15FN2O. The van der Waals surface area contributed by atoms with Gasteiger partial charge in [-0.25, -0.2) is 9.37 Å². The first-order chi connectivity index (χ1) is 7.16. The summed E-state index contributed by atoms with van der Waals surface area (Å²) in [5.74, 6) is 0.779. The first-order valence-electron chi connectivity index (χ1n) is 5.21. The summed E-state index contributed by atoms with van der Waals surface area (Å²) in [5, 5.41) is 9.45. The fraction of sp³-hybridized carbons (Fsp3) is 0.545. The lowest BCUT2D eigenvalue weighted by Crippen LogP contribution is -2.24. The smallest absolute Gasteiger partial charge is 0.141 e. The zero-order valence-corrected chi connectivity index (χ0v) is 8.73. The third-order valence-electron chi connectivity index (χ3n) is 2.94. The fourth-order valence-corrected chi connectivity index (χ4v) is 1.94. The molecule has 0 bridgehead atoms. The topological polar surface area (TPSA) is 36.4 Å². The van der Waals surface area contributed by atoms with Crippen LogP contribution in [0.3, 0.4) is 0 Å². The normalized spacial score (nSPS) is 23.1. The van der Waals surface area contributed by atoms with E-state index < -0.39 is 0 Å². The third-order valence-corrected chi connectivity index (χ3v) is 2.94. The standard InChI is InChI=1S/C11H15FN2O/c1-8(15)9-4-5-14(7-9)11-3-2-10(12)6-13-11/h2-3,6,8-9,15H,4-5,7H2,1H3. The van der Waals surface area contributed by atoms with Gasteiger partial charge in [0.2, 0.25) is 0 Å². The second-order valence-electron chi connectivity index (χ2n) is 4.07. The number of aromatic nitrogens is 1. The molecule has 82 valence electrons. The Hall–Kier alpha value is -1.16. The highest BCUT2D eigenvalue weighted by molar-refractivity contribution is 5.39. The molecule has 4 heteroatoms. The SMILES string of the molecule is CC(O)C1CCN(c2ccc(F)cn2)C1. The van der Waals surface area contributed by atoms with Gasteiger partial charge in [-0.1, -0.05) is 0 Å². The van der Waals surface area contributed by atoms with E-state index in [-0.39, 0.29) is 11.9 Å². The maximum absolute atomic E-state index is 12.7. The minimum Gasteiger partial charge on any atom is -0.393 e. The number of aliphatic hydroxyl groups excluding tert-OH is 1. The predicted octanol–water partition coefficient (Wildman–Crippen LogP) is 1.43. The molecule has 2 heterocycles. The van der Waals surface area contributed by atoms with E-state index in [9.17, 15) is 9.50 Å². The van der Waals surface area contributed by atoms with Crippen molar-refractivity contribution in [3.8, 4) is 0 Å². The van der Waals surface area contributed by atoms with E-state index in [1.165, 1.54) is 12.3 Å². The van der Waals surface area contributed by atoms with Crippen molar-refractivity contribution >= 4 is 5.82 Å². The summed E-state index contributed by atoms with van der Waals surface area (Å²) < 4.78 is 12.7. The molecule has 2 unspecified atom stereocenters. The van der Waals surface area contributed by atoms with Gasteiger partial charge in [-0.2, -0.15) is 0 Å². The summed E-state index contributed by atoms with van der Waals surface area (Å²) in [6, 6.07) is 3.10. The first-order valence-corrected chi connectivity index (χ1v) is 5.21. The van der Waals surface area contributed by atoms with Gasteiger partial charge in [0.15, 0.2) is 0 Å². The average Bonchev–Trinajstić information content (AvgIpc) is 2.68. The van der Waals surface area contributed by atoms with Crippen LogP contribution in [0, 0.1) is 11.7 Å². The van der Waals surface area contributed by atoms with Crippen LogP contribution in [0.1, 0.15) is 13.3 Å². The summed E-state index contributed by atoms with van der Waals surface area (Å²) >= 11 is 0. The Bertz CT molecular complexity index is 326. The molecule has 2 atom stereocenters. The van der Waals surface area contributed by atoms with Gasteiger partial charge in [0.1, 0.15) is 11.6 Å². The van der Waals surface area contributed by atoms with Crippen LogP contribution in [-0.4, -0.2) is 29.3 Å². The zero-order valence-electron chi connectivity index (χ0n) is 8.73. The number of rotatable bonds is 2. The van der Waals surface area contributed by atoms with Crippen LogP contribution in [-0.2, 0) is 0 Å². The average molecular weight is 210 g/mol. The van der Waals surface area contributed by atoms with Crippen LogP contribution in [0.5, 0.6) is 0 Å². The van der Waals surface area contributed by atoms with E-state index in [0.29, 0.717) is 5.92 Å². The molecule has 1 aromatic rings. The summed E-state index contributed by atoms with van der Waals surface area (Å²) in [7, 11) is 0. The van der Waals surface area contributed by atoms with Crippen LogP contribution in [0.25, 0.3) is 0 Å². The Labute approximate surface area is 88.6 Å². The summed E-state index contributed by atoms with van der Waals surface area (Å²) in [4.78, 5) is 6.10. The molecule has 2 rings (SSSR count). The summed E-state index contributed by atoms with van der Waals surface area (Å²) in [6.45, 7) is 3.50. The molecule has 0 aromatic carbocycles. The van der Waals surface area contributed by atoms with Crippen LogP contribution in [0.2, 0.25) is 0 Å². The molecule has 1 N–H and O–H groups in total. The maximum atomic E-state index is 12.7. The second-order valence-corrected chi connectivity index (χ2v) is 4.07. The summed E-state index contributed by atoms with van der Waals surface area (Å²) in [5.41, 5.74) is 0. The largest absolute Gasteiger partial charge is 0.393 e. The number of pyridine rings is 1. The van der Waals surface area contributed by atoms with Crippen molar-refractivity contribution in [3.05, 3.63) is 24.1 Å². The Morgan fingerprint density at radius 3 is 2.93 bits per heavy atom. The lowest BCUT2D eigenvalue weighted by atomic mass is 10.0. The van der Waals surface area contributed by atoms with Crippen molar-refractivity contribution < 1.29 is 9.50 Å². The molecule has 0 radical (unpaired) electrons. The lowest BCUT2D eigenvalue weighted by molar-refractivity contribution is 0.136. The Morgan fingerprint density at radius 1 is 1.60 bits per heavy atom. The van der Waals surface area contributed by atoms with E-state index in [0.717, 1.165) is 25.3 Å². The molecule has 3 nitrogen and oxygen atoms in total. The van der Waals surface area contributed by atoms with Crippen molar-refractivity contribution in [2.45, 2.75) is 19.4 Å². The highest BCUT2D eigenvalue weighted by Gasteiger charge is 2.26. The van der Waals surface area contributed by atoms with Gasteiger partial charge in [-0.05, 0) is 25.5 Å². The minimum absolute atomic E-state index is 0.282. The fourth-order valence-electron chi connectivity index (χ4n) is 1.94. The van der Waals surface area contributed by atoms with Gasteiger partial charge >= 0.3 is 0 Å². The van der Waals surface area contributed by atoms with Crippen LogP contribution in [0.4, 0.5) is 10.2 Å². The Kier molecular flexibility index (Phi) is 2.86. The van der Waals surface area contributed by atoms with Crippen molar-refractivity contribution in [1.29, 1.82) is 0 Å². The Balaban J connectivity index is 2.04. The third kappa shape index (κ3) is 2.26. The molecule has 1 aliphatic heterocycles. The highest BCUT2D eigenvalue weighted by Crippen LogP contribution is 2.24. The van der Waals surface area contributed by atoms with Gasteiger partial charge in [0, 0.05) is 19.0 Å². The number of aliphatic hydroxyl groups is 1. The minimum atomic E-state index is -0.315. The van der Waals surface area contributed by atoms with Crippen molar-refractivity contribution in [2.75, 3.05) is 18.0 Å². The van der Waals surface area contributed by atoms with Crippen LogP contribution >= 0.6 is 0 Å². The molecule has 0 spiro atoms. The van der Waals surface area contributed by atoms with Gasteiger partial charge < -0.3 is 10.0 Å². The van der Waals surface area contributed by atoms with Crippen LogP contribution in [0.15, 0.2) is 18.3 Å². The van der Waals surface area contributed by atoms with Crippen molar-refractivity contribution in [1.82, 2.24) is 4.98 Å². The van der Waals surface area contributed by atoms with Gasteiger partial charge in [-0.3, -0.25) is 0 Å². The van der Waals surface area contributed by atoms with Crippen LogP contribution < -0.4 is 4.90 Å². The quantitative estimate of drug-likeness (QED) is 0.802. The number of anilines is 1. The number of halogens is 1. The van der Waals surface area contributed by atoms with E-state index in [1.54, 1.807) is 6.07 Å².